The number of hydrogen-bond donors (Lipinski definition) is 2. The molecule has 12 heavy (non-hydrogen) atoms. The summed E-state index contributed by atoms with van der Waals surface area (Å²) in [5, 5.41) is 18.3. The topological polar surface area (TPSA) is 66.8 Å². The van der Waals surface area contributed by atoms with Crippen molar-refractivity contribution >= 4 is 5.97 Å². The van der Waals surface area contributed by atoms with Gasteiger partial charge in [0.15, 0.2) is 0 Å². The second-order valence-electron chi connectivity index (χ2n) is 3.57. The maximum absolute atomic E-state index is 10.8. The van der Waals surface area contributed by atoms with Gasteiger partial charge < -0.3 is 14.9 Å². The Bertz CT molecular complexity index is 203. The zero-order valence-corrected chi connectivity index (χ0v) is 6.64. The average Bonchev–Trinajstić information content (AvgIpc) is 2.43. The fourth-order valence-electron chi connectivity index (χ4n) is 2.21. The first-order valence-corrected chi connectivity index (χ1v) is 4.20. The zero-order chi connectivity index (χ0) is 8.72. The number of aliphatic hydroxyl groups is 2. The number of carbonyl (C=O) groups excluding carboxylic acids is 1. The van der Waals surface area contributed by atoms with Crippen LogP contribution in [0.15, 0.2) is 0 Å². The van der Waals surface area contributed by atoms with Crippen LogP contribution in [0.4, 0.5) is 0 Å². The molecule has 1 saturated heterocycles. The predicted molar refractivity (Wildman–Crippen MR) is 39.2 cm³/mol. The summed E-state index contributed by atoms with van der Waals surface area (Å²) in [6.45, 7) is -0.102. The summed E-state index contributed by atoms with van der Waals surface area (Å²) in [4.78, 5) is 10.8. The monoisotopic (exact) mass is 172 g/mol. The fraction of sp³-hybridized carbons (Fsp3) is 0.875. The number of esters is 1. The first kappa shape index (κ1) is 8.01. The standard InChI is InChI=1S/C8H12O4/c9-3-5-6(10)1-4-2-7(11)12-8(4)5/h4-6,8-10H,1-3H2/t4-,5+,6-,8+/m1/s1. The Labute approximate surface area is 70.1 Å². The molecule has 0 aromatic heterocycles. The van der Waals surface area contributed by atoms with Gasteiger partial charge in [-0.05, 0) is 6.42 Å². The molecular formula is C8H12O4. The first-order valence-electron chi connectivity index (χ1n) is 4.20. The minimum atomic E-state index is -0.502. The molecule has 0 aromatic carbocycles. The second kappa shape index (κ2) is 2.71. The van der Waals surface area contributed by atoms with E-state index in [1.807, 2.05) is 0 Å². The van der Waals surface area contributed by atoms with Crippen LogP contribution in [0.3, 0.4) is 0 Å². The van der Waals surface area contributed by atoms with E-state index >= 15 is 0 Å². The second-order valence-corrected chi connectivity index (χ2v) is 3.57. The highest BCUT2D eigenvalue weighted by atomic mass is 16.6. The Morgan fingerprint density at radius 3 is 3.00 bits per heavy atom. The minimum absolute atomic E-state index is 0.102. The van der Waals surface area contributed by atoms with E-state index in [1.54, 1.807) is 0 Å². The SMILES string of the molecule is O=C1C[C@H]2C[C@@H](O)[C@H](CO)[C@H]2O1. The van der Waals surface area contributed by atoms with Crippen LogP contribution in [0.25, 0.3) is 0 Å². The van der Waals surface area contributed by atoms with Crippen LogP contribution in [-0.4, -0.2) is 35.0 Å². The predicted octanol–water partition coefficient (Wildman–Crippen LogP) is -0.709. The van der Waals surface area contributed by atoms with E-state index in [4.69, 9.17) is 9.84 Å². The van der Waals surface area contributed by atoms with E-state index in [-0.39, 0.29) is 30.5 Å². The first-order chi connectivity index (χ1) is 5.72. The average molecular weight is 172 g/mol. The van der Waals surface area contributed by atoms with Crippen molar-refractivity contribution in [3.8, 4) is 0 Å². The molecule has 1 saturated carbocycles. The fourth-order valence-corrected chi connectivity index (χ4v) is 2.21. The van der Waals surface area contributed by atoms with Gasteiger partial charge in [-0.3, -0.25) is 4.79 Å². The summed E-state index contributed by atoms with van der Waals surface area (Å²) in [5.74, 6) is -0.332. The van der Waals surface area contributed by atoms with Crippen molar-refractivity contribution in [2.24, 2.45) is 11.8 Å². The van der Waals surface area contributed by atoms with Crippen molar-refractivity contribution in [1.29, 1.82) is 0 Å². The van der Waals surface area contributed by atoms with Gasteiger partial charge in [0, 0.05) is 11.8 Å². The summed E-state index contributed by atoms with van der Waals surface area (Å²) in [5.41, 5.74) is 0. The Morgan fingerprint density at radius 2 is 2.33 bits per heavy atom. The van der Waals surface area contributed by atoms with E-state index in [0.717, 1.165) is 0 Å². The van der Waals surface area contributed by atoms with Gasteiger partial charge in [-0.15, -0.1) is 0 Å². The molecule has 0 unspecified atom stereocenters. The van der Waals surface area contributed by atoms with Gasteiger partial charge in [-0.25, -0.2) is 0 Å². The van der Waals surface area contributed by atoms with Crippen LogP contribution in [-0.2, 0) is 9.53 Å². The molecule has 2 fully saturated rings. The molecule has 0 aromatic rings. The van der Waals surface area contributed by atoms with Crippen LogP contribution >= 0.6 is 0 Å². The third-order valence-electron chi connectivity index (χ3n) is 2.83. The molecule has 1 aliphatic heterocycles. The molecule has 0 spiro atoms. The number of ether oxygens (including phenoxy) is 1. The molecule has 1 aliphatic carbocycles. The van der Waals surface area contributed by atoms with E-state index < -0.39 is 6.10 Å². The summed E-state index contributed by atoms with van der Waals surface area (Å²) in [6, 6.07) is 0. The molecule has 0 amide bonds. The van der Waals surface area contributed by atoms with Crippen LogP contribution in [0, 0.1) is 11.8 Å². The van der Waals surface area contributed by atoms with E-state index in [2.05, 4.69) is 0 Å². The quantitative estimate of drug-likeness (QED) is 0.513. The third-order valence-corrected chi connectivity index (χ3v) is 2.83. The third kappa shape index (κ3) is 1.03. The normalized spacial score (nSPS) is 46.0. The van der Waals surface area contributed by atoms with E-state index in [0.29, 0.717) is 12.8 Å². The molecule has 4 heteroatoms. The highest BCUT2D eigenvalue weighted by Gasteiger charge is 2.49. The Hall–Kier alpha value is -0.610. The Morgan fingerprint density at radius 1 is 1.58 bits per heavy atom. The van der Waals surface area contributed by atoms with Crippen molar-refractivity contribution in [3.05, 3.63) is 0 Å². The molecular weight excluding hydrogens is 160 g/mol. The highest BCUT2D eigenvalue weighted by molar-refractivity contribution is 5.72. The molecule has 0 bridgehead atoms. The lowest BCUT2D eigenvalue weighted by Crippen LogP contribution is -2.28. The summed E-state index contributed by atoms with van der Waals surface area (Å²) in [7, 11) is 0. The number of hydrogen-bond acceptors (Lipinski definition) is 4. The molecule has 1 heterocycles. The van der Waals surface area contributed by atoms with Crippen molar-refractivity contribution < 1.29 is 19.7 Å². The van der Waals surface area contributed by atoms with E-state index in [1.165, 1.54) is 0 Å². The van der Waals surface area contributed by atoms with Crippen LogP contribution in [0.5, 0.6) is 0 Å². The van der Waals surface area contributed by atoms with Gasteiger partial charge in [0.1, 0.15) is 6.10 Å². The van der Waals surface area contributed by atoms with Crippen LogP contribution in [0.2, 0.25) is 0 Å². The Kier molecular flexibility index (Phi) is 1.81. The maximum Gasteiger partial charge on any atom is 0.306 e. The molecule has 2 N–H and O–H groups in total. The van der Waals surface area contributed by atoms with E-state index in [9.17, 15) is 9.90 Å². The zero-order valence-electron chi connectivity index (χ0n) is 6.64. The van der Waals surface area contributed by atoms with Gasteiger partial charge in [-0.1, -0.05) is 0 Å². The van der Waals surface area contributed by atoms with Gasteiger partial charge in [-0.2, -0.15) is 0 Å². The van der Waals surface area contributed by atoms with Gasteiger partial charge >= 0.3 is 5.97 Å². The van der Waals surface area contributed by atoms with Crippen molar-refractivity contribution in [2.75, 3.05) is 6.61 Å². The highest BCUT2D eigenvalue weighted by Crippen LogP contribution is 2.40. The summed E-state index contributed by atoms with van der Waals surface area (Å²) < 4.78 is 5.00. The van der Waals surface area contributed by atoms with Gasteiger partial charge in [0.25, 0.3) is 0 Å². The number of carbonyl (C=O) groups is 1. The van der Waals surface area contributed by atoms with Crippen molar-refractivity contribution in [2.45, 2.75) is 25.0 Å². The summed E-state index contributed by atoms with van der Waals surface area (Å²) in [6.07, 6.45) is 0.246. The molecule has 4 atom stereocenters. The smallest absolute Gasteiger partial charge is 0.306 e. The molecule has 2 rings (SSSR count). The minimum Gasteiger partial charge on any atom is -0.462 e. The lowest BCUT2D eigenvalue weighted by molar-refractivity contribution is -0.144. The maximum atomic E-state index is 10.8. The van der Waals surface area contributed by atoms with Crippen molar-refractivity contribution in [1.82, 2.24) is 0 Å². The van der Waals surface area contributed by atoms with Gasteiger partial charge in [0.2, 0.25) is 0 Å². The number of aliphatic hydroxyl groups excluding tert-OH is 2. The molecule has 0 radical (unpaired) electrons. The number of rotatable bonds is 1. The lowest BCUT2D eigenvalue weighted by Gasteiger charge is -2.16. The lowest BCUT2D eigenvalue weighted by atomic mass is 10.0. The van der Waals surface area contributed by atoms with Crippen molar-refractivity contribution in [3.63, 3.8) is 0 Å². The molecule has 2 aliphatic rings. The number of fused-ring (bicyclic) bond motifs is 1. The molecule has 4 nitrogen and oxygen atoms in total. The largest absolute Gasteiger partial charge is 0.462 e. The summed E-state index contributed by atoms with van der Waals surface area (Å²) >= 11 is 0. The van der Waals surface area contributed by atoms with Gasteiger partial charge in [0.05, 0.1) is 19.1 Å². The molecule has 68 valence electrons. The Balaban J connectivity index is 2.11. The van der Waals surface area contributed by atoms with Crippen LogP contribution < -0.4 is 0 Å². The van der Waals surface area contributed by atoms with Crippen LogP contribution in [0.1, 0.15) is 12.8 Å².